The fourth-order valence-electron chi connectivity index (χ4n) is 3.42. The number of aliphatic hydroxyl groups excluding tert-OH is 1. The molecular weight excluding hydrogens is 433 g/mol. The molecule has 31 heavy (non-hydrogen) atoms. The molecule has 1 aliphatic carbocycles. The van der Waals surface area contributed by atoms with E-state index in [1.807, 2.05) is 4.40 Å². The summed E-state index contributed by atoms with van der Waals surface area (Å²) in [4.78, 5) is 9.89. The van der Waals surface area contributed by atoms with Gasteiger partial charge in [0.1, 0.15) is 28.5 Å². The first-order chi connectivity index (χ1) is 14.9. The van der Waals surface area contributed by atoms with Crippen molar-refractivity contribution in [2.75, 3.05) is 6.61 Å². The summed E-state index contributed by atoms with van der Waals surface area (Å²) in [7, 11) is 0. The number of fused-ring (bicyclic) bond motifs is 1. The molecule has 4 aromatic heterocycles. The van der Waals surface area contributed by atoms with E-state index in [2.05, 4.69) is 20.3 Å². The van der Waals surface area contributed by atoms with Crippen LogP contribution in [0.25, 0.3) is 10.5 Å². The molecule has 8 nitrogen and oxygen atoms in total. The fourth-order valence-corrected chi connectivity index (χ4v) is 4.72. The highest BCUT2D eigenvalue weighted by Gasteiger charge is 2.36. The molecule has 1 fully saturated rings. The molecule has 1 atom stereocenters. The highest BCUT2D eigenvalue weighted by Crippen LogP contribution is 2.47. The first-order valence-electron chi connectivity index (χ1n) is 9.62. The molecule has 5 rings (SSSR count). The lowest BCUT2D eigenvalue weighted by Gasteiger charge is -2.13. The number of alkyl halides is 3. The Hall–Kier alpha value is -2.99. The zero-order valence-electron chi connectivity index (χ0n) is 16.2. The number of hydrogen-bond donors (Lipinski definition) is 1. The van der Waals surface area contributed by atoms with Gasteiger partial charge in [-0.3, -0.25) is 4.40 Å². The maximum Gasteiger partial charge on any atom is 0.421 e. The molecule has 0 amide bonds. The molecule has 0 aromatic carbocycles. The Kier molecular flexibility index (Phi) is 4.70. The van der Waals surface area contributed by atoms with Crippen molar-refractivity contribution in [3.05, 3.63) is 52.8 Å². The minimum Gasteiger partial charge on any atom is -0.478 e. The lowest BCUT2D eigenvalue weighted by molar-refractivity contribution is -0.139. The standard InChI is InChI=1S/C19H17F3N6O2S/c1-2-30-18-12(19(20,21)22)5-11(6-24-18)28-8-13(25-26-28)16(29)15-17(10-3-4-10)31-14-7-23-9-27(14)15/h5-10,16,29H,2-4H2,1H3. The summed E-state index contributed by atoms with van der Waals surface area (Å²) in [6, 6.07) is 0.900. The van der Waals surface area contributed by atoms with Crippen LogP contribution < -0.4 is 4.74 Å². The van der Waals surface area contributed by atoms with Crippen LogP contribution in [0.3, 0.4) is 0 Å². The zero-order chi connectivity index (χ0) is 21.8. The monoisotopic (exact) mass is 450 g/mol. The molecule has 1 aliphatic rings. The highest BCUT2D eigenvalue weighted by atomic mass is 32.1. The van der Waals surface area contributed by atoms with E-state index in [9.17, 15) is 18.3 Å². The van der Waals surface area contributed by atoms with Crippen LogP contribution in [0.2, 0.25) is 0 Å². The topological polar surface area (TPSA) is 90.4 Å². The van der Waals surface area contributed by atoms with Crippen molar-refractivity contribution < 1.29 is 23.0 Å². The molecule has 0 saturated heterocycles. The summed E-state index contributed by atoms with van der Waals surface area (Å²) in [5.41, 5.74) is -0.0498. The van der Waals surface area contributed by atoms with Crippen molar-refractivity contribution in [2.24, 2.45) is 0 Å². The van der Waals surface area contributed by atoms with E-state index in [-0.39, 0.29) is 18.0 Å². The highest BCUT2D eigenvalue weighted by molar-refractivity contribution is 7.17. The van der Waals surface area contributed by atoms with Gasteiger partial charge in [-0.2, -0.15) is 13.2 Å². The summed E-state index contributed by atoms with van der Waals surface area (Å²) in [6.07, 6.45) is 2.37. The van der Waals surface area contributed by atoms with E-state index in [1.54, 1.807) is 30.8 Å². The molecule has 0 spiro atoms. The minimum absolute atomic E-state index is 0.0573. The Labute approximate surface area is 177 Å². The van der Waals surface area contributed by atoms with E-state index < -0.39 is 23.7 Å². The van der Waals surface area contributed by atoms with E-state index in [4.69, 9.17) is 4.74 Å². The molecule has 4 heterocycles. The van der Waals surface area contributed by atoms with Gasteiger partial charge < -0.3 is 9.84 Å². The van der Waals surface area contributed by atoms with E-state index in [0.717, 1.165) is 33.3 Å². The van der Waals surface area contributed by atoms with Crippen LogP contribution in [0.15, 0.2) is 31.0 Å². The maximum atomic E-state index is 13.4. The molecule has 12 heteroatoms. The molecule has 1 unspecified atom stereocenters. The fraction of sp³-hybridized carbons (Fsp3) is 0.368. The van der Waals surface area contributed by atoms with Gasteiger partial charge in [0, 0.05) is 4.88 Å². The molecule has 4 aromatic rings. The minimum atomic E-state index is -4.64. The second-order valence-electron chi connectivity index (χ2n) is 7.20. The lowest BCUT2D eigenvalue weighted by Crippen LogP contribution is -2.11. The summed E-state index contributed by atoms with van der Waals surface area (Å²) in [6.45, 7) is 1.64. The predicted molar refractivity (Wildman–Crippen MR) is 104 cm³/mol. The van der Waals surface area contributed by atoms with Crippen LogP contribution in [-0.2, 0) is 6.18 Å². The number of halogens is 3. The Morgan fingerprint density at radius 3 is 2.84 bits per heavy atom. The molecule has 0 aliphatic heterocycles. The zero-order valence-corrected chi connectivity index (χ0v) is 17.1. The van der Waals surface area contributed by atoms with Gasteiger partial charge >= 0.3 is 6.18 Å². The van der Waals surface area contributed by atoms with Gasteiger partial charge in [0.15, 0.2) is 0 Å². The number of rotatable bonds is 6. The van der Waals surface area contributed by atoms with Crippen LogP contribution >= 0.6 is 11.3 Å². The third kappa shape index (κ3) is 3.55. The summed E-state index contributed by atoms with van der Waals surface area (Å²) in [5.74, 6) is -0.0942. The number of hydrogen-bond acceptors (Lipinski definition) is 7. The SMILES string of the molecule is CCOc1ncc(-n2cc(C(O)c3c(C4CC4)sc4cncn34)nn2)cc1C(F)(F)F. The van der Waals surface area contributed by atoms with Gasteiger partial charge in [0.2, 0.25) is 5.88 Å². The number of ether oxygens (including phenoxy) is 1. The molecular formula is C19H17F3N6O2S. The van der Waals surface area contributed by atoms with Gasteiger partial charge in [-0.25, -0.2) is 14.6 Å². The van der Waals surface area contributed by atoms with E-state index in [1.165, 1.54) is 12.4 Å². The smallest absolute Gasteiger partial charge is 0.421 e. The largest absolute Gasteiger partial charge is 0.478 e. The molecule has 0 bridgehead atoms. The third-order valence-corrected chi connectivity index (χ3v) is 6.29. The van der Waals surface area contributed by atoms with Crippen LogP contribution in [-0.4, -0.2) is 41.1 Å². The number of pyridine rings is 1. The number of thiazole rings is 1. The van der Waals surface area contributed by atoms with Gasteiger partial charge in [-0.05, 0) is 31.7 Å². The van der Waals surface area contributed by atoms with E-state index in [0.29, 0.717) is 11.6 Å². The van der Waals surface area contributed by atoms with Crippen LogP contribution in [0.4, 0.5) is 13.2 Å². The predicted octanol–water partition coefficient (Wildman–Crippen LogP) is 3.75. The molecule has 162 valence electrons. The van der Waals surface area contributed by atoms with Gasteiger partial charge in [-0.1, -0.05) is 5.21 Å². The number of nitrogens with zero attached hydrogens (tertiary/aromatic N) is 6. The van der Waals surface area contributed by atoms with Crippen molar-refractivity contribution in [1.82, 2.24) is 29.4 Å². The first-order valence-corrected chi connectivity index (χ1v) is 10.4. The summed E-state index contributed by atoms with van der Waals surface area (Å²) < 4.78 is 48.2. The Morgan fingerprint density at radius 1 is 1.32 bits per heavy atom. The van der Waals surface area contributed by atoms with E-state index >= 15 is 0 Å². The third-order valence-electron chi connectivity index (χ3n) is 5.02. The summed E-state index contributed by atoms with van der Waals surface area (Å²) >= 11 is 1.57. The Morgan fingerprint density at radius 2 is 2.13 bits per heavy atom. The van der Waals surface area contributed by atoms with Gasteiger partial charge in [0.25, 0.3) is 0 Å². The quantitative estimate of drug-likeness (QED) is 0.481. The summed E-state index contributed by atoms with van der Waals surface area (Å²) in [5, 5.41) is 19.0. The van der Waals surface area contributed by atoms with Crippen molar-refractivity contribution >= 4 is 16.2 Å². The van der Waals surface area contributed by atoms with Crippen LogP contribution in [0.5, 0.6) is 5.88 Å². The maximum absolute atomic E-state index is 13.4. The van der Waals surface area contributed by atoms with Gasteiger partial charge in [0.05, 0.1) is 36.6 Å². The van der Waals surface area contributed by atoms with Crippen molar-refractivity contribution in [3.8, 4) is 11.6 Å². The number of aliphatic hydroxyl groups is 1. The van der Waals surface area contributed by atoms with Crippen LogP contribution in [0.1, 0.15) is 53.6 Å². The second-order valence-corrected chi connectivity index (χ2v) is 8.26. The van der Waals surface area contributed by atoms with Crippen molar-refractivity contribution in [3.63, 3.8) is 0 Å². The number of aromatic nitrogens is 6. The number of imidazole rings is 1. The molecule has 1 saturated carbocycles. The normalized spacial score (nSPS) is 15.5. The molecule has 0 radical (unpaired) electrons. The Balaban J connectivity index is 1.51. The van der Waals surface area contributed by atoms with Crippen LogP contribution in [0, 0.1) is 0 Å². The Bertz CT molecular complexity index is 1240. The lowest BCUT2D eigenvalue weighted by atomic mass is 10.1. The molecule has 1 N–H and O–H groups in total. The first kappa shape index (κ1) is 19.9. The van der Waals surface area contributed by atoms with Crippen molar-refractivity contribution in [1.29, 1.82) is 0 Å². The van der Waals surface area contributed by atoms with Crippen molar-refractivity contribution in [2.45, 2.75) is 38.0 Å². The second kappa shape index (κ2) is 7.31. The van der Waals surface area contributed by atoms with Gasteiger partial charge in [-0.15, -0.1) is 16.4 Å². The average molecular weight is 450 g/mol. The average Bonchev–Trinajstić information content (AvgIpc) is 3.13.